The lowest BCUT2D eigenvalue weighted by atomic mass is 9.85. The van der Waals surface area contributed by atoms with Crippen molar-refractivity contribution in [2.24, 2.45) is 5.41 Å². The number of aliphatic carboxylic acids is 1. The number of hydrogen-bond acceptors (Lipinski definition) is 16. The number of aromatic nitrogens is 4. The summed E-state index contributed by atoms with van der Waals surface area (Å²) in [6.45, 7) is 1.24. The molecule has 2 aliphatic rings. The summed E-state index contributed by atoms with van der Waals surface area (Å²) in [6, 6.07) is 18.5. The Hall–Kier alpha value is -5.93. The van der Waals surface area contributed by atoms with Gasteiger partial charge in [-0.3, -0.25) is 14.8 Å². The maximum atomic E-state index is 12.2. The van der Waals surface area contributed by atoms with Gasteiger partial charge in [0.1, 0.15) is 35.5 Å². The highest BCUT2D eigenvalue weighted by molar-refractivity contribution is 7.91. The second-order valence-electron chi connectivity index (χ2n) is 18.1. The number of fused-ring (bicyclic) bond motifs is 2. The maximum Gasteiger partial charge on any atom is 0.311 e. The summed E-state index contributed by atoms with van der Waals surface area (Å²) < 4.78 is 74.3. The number of sulfone groups is 2. The van der Waals surface area contributed by atoms with Crippen molar-refractivity contribution in [3.05, 3.63) is 140 Å². The SMILES string of the molecule is C[C@@](CO)(CCc1cc(Cl)c(O[C@H]2CCc3c(-c4cccc5c4CC[C@@H]5Oc4nc(OCc5cncc(S(C)(=O)=O)c5)c(CNCCO)cc4Cl)cccc32)nc1OCc1cncc(S(C)(=O)=O)c1)C(=O)O. The van der Waals surface area contributed by atoms with E-state index in [-0.39, 0.29) is 82.6 Å². The molecule has 0 bridgehead atoms. The molecule has 2 aromatic carbocycles. The van der Waals surface area contributed by atoms with E-state index >= 15 is 0 Å². The monoisotopic (exact) mass is 1060 g/mol. The van der Waals surface area contributed by atoms with Gasteiger partial charge in [0.15, 0.2) is 19.7 Å². The third-order valence-electron chi connectivity index (χ3n) is 12.8. The standard InChI is InChI=1S/C51H53Cl2N5O12S2/c1-51(29-60,50(61)62)15-14-32-20-42(52)48(57-46(32)67-27-30-18-34(25-55-22-30)71(2,63)64)69-44-12-10-38-36(6-4-8-40(38)44)37-7-5-9-41-39(37)11-13-45(41)70-49-43(53)21-33(24-54-16-17-59)47(58-49)68-28-31-19-35(26-56-23-31)72(3,65)66/h4-9,18-23,25-26,44-45,54,59-60H,10-17,24,27-29H2,1-3H3,(H,61,62)/t44-,45-,51-/m0/s1. The van der Waals surface area contributed by atoms with Crippen LogP contribution in [0.2, 0.25) is 10.0 Å². The normalized spacial score (nSPS) is 16.2. The topological polar surface area (TPSA) is 247 Å². The smallest absolute Gasteiger partial charge is 0.311 e. The Labute approximate surface area is 427 Å². The summed E-state index contributed by atoms with van der Waals surface area (Å²) in [6.07, 6.45) is 9.70. The molecule has 0 amide bonds. The summed E-state index contributed by atoms with van der Waals surface area (Å²) in [7, 11) is -7.04. The predicted molar refractivity (Wildman–Crippen MR) is 267 cm³/mol. The molecule has 0 saturated heterocycles. The second-order valence-corrected chi connectivity index (χ2v) is 23.0. The maximum absolute atomic E-state index is 12.2. The molecule has 0 fully saturated rings. The number of nitrogens with one attached hydrogen (secondary N) is 1. The summed E-state index contributed by atoms with van der Waals surface area (Å²) in [5.41, 5.74) is 6.88. The van der Waals surface area contributed by atoms with Gasteiger partial charge in [0.25, 0.3) is 0 Å². The first-order valence-corrected chi connectivity index (χ1v) is 27.5. The largest absolute Gasteiger partial charge is 0.481 e. The molecule has 0 unspecified atom stereocenters. The third kappa shape index (κ3) is 11.9. The van der Waals surface area contributed by atoms with Crippen molar-refractivity contribution in [1.29, 1.82) is 0 Å². The third-order valence-corrected chi connectivity index (χ3v) is 15.5. The van der Waals surface area contributed by atoms with Crippen LogP contribution < -0.4 is 24.3 Å². The lowest BCUT2D eigenvalue weighted by Crippen LogP contribution is -2.32. The van der Waals surface area contributed by atoms with Crippen LogP contribution in [0, 0.1) is 5.41 Å². The first kappa shape index (κ1) is 52.4. The molecule has 4 N–H and O–H groups in total. The van der Waals surface area contributed by atoms with Gasteiger partial charge < -0.3 is 39.6 Å². The van der Waals surface area contributed by atoms with Gasteiger partial charge in [-0.1, -0.05) is 59.6 Å². The zero-order chi connectivity index (χ0) is 51.4. The number of carbonyl (C=O) groups is 1. The van der Waals surface area contributed by atoms with E-state index in [4.69, 9.17) is 52.1 Å². The van der Waals surface area contributed by atoms with Crippen molar-refractivity contribution in [3.63, 3.8) is 0 Å². The van der Waals surface area contributed by atoms with Crippen LogP contribution in [0.15, 0.2) is 95.2 Å². The Kier molecular flexibility index (Phi) is 16.0. The van der Waals surface area contributed by atoms with E-state index in [0.29, 0.717) is 54.5 Å². The molecule has 21 heteroatoms. The Morgan fingerprint density at radius 3 is 1.67 bits per heavy atom. The van der Waals surface area contributed by atoms with Crippen LogP contribution >= 0.6 is 23.2 Å². The van der Waals surface area contributed by atoms with E-state index in [9.17, 15) is 36.9 Å². The zero-order valence-electron chi connectivity index (χ0n) is 39.6. The average Bonchev–Trinajstić information content (AvgIpc) is 3.97. The van der Waals surface area contributed by atoms with E-state index in [1.165, 1.54) is 43.8 Å². The number of pyridine rings is 4. The van der Waals surface area contributed by atoms with Crippen molar-refractivity contribution in [1.82, 2.24) is 25.3 Å². The van der Waals surface area contributed by atoms with Gasteiger partial charge in [-0.25, -0.2) is 16.8 Å². The van der Waals surface area contributed by atoms with Crippen LogP contribution in [-0.2, 0) is 63.5 Å². The Bertz CT molecular complexity index is 3240. The number of carboxylic acid groups (broad SMARTS) is 1. The first-order chi connectivity index (χ1) is 34.3. The number of aryl methyl sites for hydroxylation is 1. The number of hydrogen-bond donors (Lipinski definition) is 4. The van der Waals surface area contributed by atoms with Gasteiger partial charge >= 0.3 is 5.97 Å². The Balaban J connectivity index is 1.03. The van der Waals surface area contributed by atoms with Crippen molar-refractivity contribution < 1.29 is 55.9 Å². The van der Waals surface area contributed by atoms with E-state index in [1.807, 2.05) is 24.3 Å². The van der Waals surface area contributed by atoms with Gasteiger partial charge in [0.05, 0.1) is 28.4 Å². The molecule has 4 aromatic heterocycles. The molecular formula is C51H53Cl2N5O12S2. The first-order valence-electron chi connectivity index (χ1n) is 23.0. The second kappa shape index (κ2) is 22.0. The van der Waals surface area contributed by atoms with Crippen LogP contribution in [0.3, 0.4) is 0 Å². The molecule has 17 nitrogen and oxygen atoms in total. The minimum Gasteiger partial charge on any atom is -0.481 e. The van der Waals surface area contributed by atoms with E-state index in [1.54, 1.807) is 12.1 Å². The van der Waals surface area contributed by atoms with E-state index in [0.717, 1.165) is 45.9 Å². The predicted octanol–water partition coefficient (Wildman–Crippen LogP) is 7.44. The van der Waals surface area contributed by atoms with E-state index in [2.05, 4.69) is 27.4 Å². The van der Waals surface area contributed by atoms with Gasteiger partial charge in [-0.05, 0) is 103 Å². The average molecular weight is 1060 g/mol. The number of aliphatic hydroxyl groups is 2. The highest BCUT2D eigenvalue weighted by Gasteiger charge is 2.34. The van der Waals surface area contributed by atoms with Crippen molar-refractivity contribution in [3.8, 4) is 34.6 Å². The number of aliphatic hydroxyl groups excluding tert-OH is 2. The zero-order valence-corrected chi connectivity index (χ0v) is 42.7. The van der Waals surface area contributed by atoms with Crippen LogP contribution in [-0.4, -0.2) is 90.3 Å². The van der Waals surface area contributed by atoms with Gasteiger partial charge in [-0.15, -0.1) is 0 Å². The van der Waals surface area contributed by atoms with Gasteiger partial charge in [0, 0.05) is 72.6 Å². The highest BCUT2D eigenvalue weighted by atomic mass is 35.5. The molecule has 0 saturated carbocycles. The number of benzene rings is 2. The fourth-order valence-corrected chi connectivity index (χ4v) is 10.4. The summed E-state index contributed by atoms with van der Waals surface area (Å²) in [5, 5.41) is 32.7. The molecule has 3 atom stereocenters. The molecule has 6 aromatic rings. The quantitative estimate of drug-likeness (QED) is 0.0483. The summed E-state index contributed by atoms with van der Waals surface area (Å²) >= 11 is 13.7. The summed E-state index contributed by atoms with van der Waals surface area (Å²) in [4.78, 5) is 29.7. The Morgan fingerprint density at radius 2 is 1.21 bits per heavy atom. The van der Waals surface area contributed by atoms with Crippen molar-refractivity contribution in [2.45, 2.75) is 87.2 Å². The number of halogens is 2. The van der Waals surface area contributed by atoms with Gasteiger partial charge in [0.2, 0.25) is 23.5 Å². The van der Waals surface area contributed by atoms with Crippen molar-refractivity contribution >= 4 is 48.8 Å². The molecule has 0 spiro atoms. The molecular weight excluding hydrogens is 1010 g/mol. The van der Waals surface area contributed by atoms with Crippen LogP contribution in [0.5, 0.6) is 23.5 Å². The molecule has 0 aliphatic heterocycles. The number of rotatable bonds is 22. The molecule has 380 valence electrons. The van der Waals surface area contributed by atoms with Gasteiger partial charge in [-0.2, -0.15) is 9.97 Å². The van der Waals surface area contributed by atoms with Crippen LogP contribution in [0.25, 0.3) is 11.1 Å². The van der Waals surface area contributed by atoms with Crippen LogP contribution in [0.4, 0.5) is 0 Å². The fraction of sp³-hybridized carbons (Fsp3) is 0.353. The fourth-order valence-electron chi connectivity index (χ4n) is 8.72. The molecule has 8 rings (SSSR count). The van der Waals surface area contributed by atoms with Crippen LogP contribution in [0.1, 0.15) is 82.9 Å². The lowest BCUT2D eigenvalue weighted by molar-refractivity contribution is -0.150. The summed E-state index contributed by atoms with van der Waals surface area (Å²) in [5.74, 6) is -0.570. The molecule has 2 aliphatic carbocycles. The minimum atomic E-state index is -3.55. The number of carboxylic acids is 1. The molecule has 4 heterocycles. The van der Waals surface area contributed by atoms with Crippen molar-refractivity contribution in [2.75, 3.05) is 32.3 Å². The molecule has 72 heavy (non-hydrogen) atoms. The van der Waals surface area contributed by atoms with E-state index < -0.39 is 49.9 Å². The number of ether oxygens (including phenoxy) is 4. The minimum absolute atomic E-state index is 0.0206. The highest BCUT2D eigenvalue weighted by Crippen LogP contribution is 2.46. The Morgan fingerprint density at radius 1 is 0.722 bits per heavy atom. The lowest BCUT2D eigenvalue weighted by Gasteiger charge is -2.23. The molecule has 0 radical (unpaired) electrons. The number of nitrogens with zero attached hydrogens (tertiary/aromatic N) is 4.